The lowest BCUT2D eigenvalue weighted by Gasteiger charge is -2.20. The van der Waals surface area contributed by atoms with E-state index >= 15 is 0 Å². The van der Waals surface area contributed by atoms with Crippen molar-refractivity contribution in [1.29, 1.82) is 0 Å². The van der Waals surface area contributed by atoms with Gasteiger partial charge in [0.25, 0.3) is 11.8 Å². The zero-order valence-electron chi connectivity index (χ0n) is 15.6. The molecule has 0 aliphatic carbocycles. The zero-order chi connectivity index (χ0) is 20.0. The van der Waals surface area contributed by atoms with Crippen LogP contribution in [0.5, 0.6) is 0 Å². The molecular weight excluding hydrogens is 460 g/mol. The van der Waals surface area contributed by atoms with Gasteiger partial charge in [0.05, 0.1) is 5.39 Å². The molecule has 10 heteroatoms. The minimum atomic E-state index is -0.419. The van der Waals surface area contributed by atoms with Crippen molar-refractivity contribution in [1.82, 2.24) is 15.3 Å². The molecule has 1 aliphatic heterocycles. The fraction of sp³-hybridized carbons (Fsp3) is 0.100. The van der Waals surface area contributed by atoms with Crippen molar-refractivity contribution >= 4 is 74.3 Å². The van der Waals surface area contributed by atoms with Crippen molar-refractivity contribution in [2.45, 2.75) is 6.42 Å². The van der Waals surface area contributed by atoms with Gasteiger partial charge in [0.2, 0.25) is 0 Å². The predicted octanol–water partition coefficient (Wildman–Crippen LogP) is 4.47. The Bertz CT molecular complexity index is 1260. The third kappa shape index (κ3) is 3.65. The van der Waals surface area contributed by atoms with Crippen LogP contribution in [0.25, 0.3) is 20.7 Å². The summed E-state index contributed by atoms with van der Waals surface area (Å²) in [6.07, 6.45) is 1.93. The Hall–Kier alpha value is -2.59. The second-order valence-corrected chi connectivity index (χ2v) is 9.27. The standard InChI is InChI=1S/C20H14N4O2S3.ClH/c1-24(13-9-16(25)23-19(13)26)18-17-12(14-5-3-7-28-14)10-29-20(17)22-15(21-18)8-11-4-2-6-27-11;/h2-7,9-10H,8H2,1H3,(H,23,25,26);1H. The maximum Gasteiger partial charge on any atom is 0.274 e. The van der Waals surface area contributed by atoms with Crippen LogP contribution in [0.15, 0.2) is 52.2 Å². The lowest BCUT2D eigenvalue weighted by Crippen LogP contribution is -2.29. The van der Waals surface area contributed by atoms with Gasteiger partial charge in [-0.05, 0) is 22.9 Å². The summed E-state index contributed by atoms with van der Waals surface area (Å²) in [4.78, 5) is 38.4. The van der Waals surface area contributed by atoms with Crippen LogP contribution in [-0.2, 0) is 16.0 Å². The highest BCUT2D eigenvalue weighted by molar-refractivity contribution is 7.18. The number of halogens is 1. The Morgan fingerprint density at radius 3 is 2.53 bits per heavy atom. The molecule has 0 spiro atoms. The Morgan fingerprint density at radius 1 is 1.07 bits per heavy atom. The Morgan fingerprint density at radius 2 is 1.87 bits per heavy atom. The molecule has 0 aromatic carbocycles. The van der Waals surface area contributed by atoms with Crippen LogP contribution in [0, 0.1) is 0 Å². The summed E-state index contributed by atoms with van der Waals surface area (Å²) < 4.78 is 0. The third-order valence-corrected chi connectivity index (χ3v) is 7.23. The fourth-order valence-electron chi connectivity index (χ4n) is 3.24. The van der Waals surface area contributed by atoms with Gasteiger partial charge < -0.3 is 4.90 Å². The van der Waals surface area contributed by atoms with Gasteiger partial charge in [-0.25, -0.2) is 9.97 Å². The normalized spacial score (nSPS) is 13.3. The molecule has 152 valence electrons. The van der Waals surface area contributed by atoms with Crippen molar-refractivity contribution < 1.29 is 9.59 Å². The molecule has 6 nitrogen and oxygen atoms in total. The quantitative estimate of drug-likeness (QED) is 0.432. The number of anilines is 1. The second kappa shape index (κ2) is 8.27. The Balaban J connectivity index is 0.00000218. The van der Waals surface area contributed by atoms with E-state index in [0.29, 0.717) is 18.1 Å². The minimum absolute atomic E-state index is 0. The summed E-state index contributed by atoms with van der Waals surface area (Å²) in [7, 11) is 1.76. The molecule has 0 bridgehead atoms. The van der Waals surface area contributed by atoms with E-state index in [9.17, 15) is 9.59 Å². The van der Waals surface area contributed by atoms with Crippen LogP contribution in [0.1, 0.15) is 10.7 Å². The molecule has 0 atom stereocenters. The average Bonchev–Trinajstić information content (AvgIpc) is 3.48. The van der Waals surface area contributed by atoms with E-state index in [2.05, 4.69) is 22.8 Å². The number of carbonyl (C=O) groups is 2. The number of likely N-dealkylation sites (N-methyl/N-ethyl adjacent to an activating group) is 1. The lowest BCUT2D eigenvalue weighted by molar-refractivity contribution is -0.123. The molecular formula is C20H15ClN4O2S3. The molecule has 0 saturated carbocycles. The van der Waals surface area contributed by atoms with E-state index in [1.54, 1.807) is 46.0 Å². The molecule has 2 amide bonds. The summed E-state index contributed by atoms with van der Waals surface area (Å²) in [5.74, 6) is 0.482. The molecule has 1 aliphatic rings. The molecule has 0 radical (unpaired) electrons. The van der Waals surface area contributed by atoms with E-state index in [-0.39, 0.29) is 18.1 Å². The molecule has 4 aromatic heterocycles. The number of imide groups is 1. The number of aromatic nitrogens is 2. The zero-order valence-corrected chi connectivity index (χ0v) is 18.9. The first kappa shape index (κ1) is 20.7. The van der Waals surface area contributed by atoms with Gasteiger partial charge in [-0.2, -0.15) is 0 Å². The number of amides is 2. The number of thiophene rings is 3. The number of carbonyl (C=O) groups excluding carboxylic acids is 2. The maximum atomic E-state index is 12.2. The smallest absolute Gasteiger partial charge is 0.274 e. The summed E-state index contributed by atoms with van der Waals surface area (Å²) in [6, 6.07) is 8.12. The van der Waals surface area contributed by atoms with Crippen LogP contribution in [-0.4, -0.2) is 28.8 Å². The average molecular weight is 475 g/mol. The first-order chi connectivity index (χ1) is 14.1. The largest absolute Gasteiger partial charge is 0.324 e. The molecule has 0 saturated heterocycles. The van der Waals surface area contributed by atoms with Crippen molar-refractivity contribution in [2.24, 2.45) is 0 Å². The number of nitrogens with zero attached hydrogens (tertiary/aromatic N) is 3. The third-order valence-electron chi connectivity index (χ3n) is 4.58. The molecule has 0 unspecified atom stereocenters. The van der Waals surface area contributed by atoms with Crippen molar-refractivity contribution in [3.8, 4) is 10.4 Å². The van der Waals surface area contributed by atoms with E-state index in [1.165, 1.54) is 11.0 Å². The van der Waals surface area contributed by atoms with Crippen LogP contribution in [0.4, 0.5) is 5.82 Å². The molecule has 5 heterocycles. The van der Waals surface area contributed by atoms with Crippen molar-refractivity contribution in [3.63, 3.8) is 0 Å². The second-order valence-electron chi connectivity index (χ2n) is 6.43. The molecule has 0 fully saturated rings. The summed E-state index contributed by atoms with van der Waals surface area (Å²) in [5.41, 5.74) is 1.32. The van der Waals surface area contributed by atoms with E-state index in [4.69, 9.17) is 9.97 Å². The Kier molecular flexibility index (Phi) is 5.70. The van der Waals surface area contributed by atoms with Crippen LogP contribution in [0.3, 0.4) is 0 Å². The van der Waals surface area contributed by atoms with Crippen LogP contribution >= 0.6 is 46.4 Å². The van der Waals surface area contributed by atoms with E-state index in [0.717, 1.165) is 20.7 Å². The molecule has 5 rings (SSSR count). The van der Waals surface area contributed by atoms with Gasteiger partial charge in [0.1, 0.15) is 22.2 Å². The van der Waals surface area contributed by atoms with Crippen molar-refractivity contribution in [3.05, 3.63) is 62.9 Å². The topological polar surface area (TPSA) is 75.2 Å². The van der Waals surface area contributed by atoms with E-state index in [1.807, 2.05) is 22.9 Å². The first-order valence-electron chi connectivity index (χ1n) is 8.75. The molecule has 1 N–H and O–H groups in total. The molecule has 4 aromatic rings. The Labute approximate surface area is 190 Å². The number of fused-ring (bicyclic) bond motifs is 1. The van der Waals surface area contributed by atoms with E-state index < -0.39 is 11.8 Å². The summed E-state index contributed by atoms with van der Waals surface area (Å²) in [5, 5.41) is 9.33. The van der Waals surface area contributed by atoms with Gasteiger partial charge in [0, 0.05) is 40.2 Å². The number of nitrogens with one attached hydrogen (secondary N) is 1. The number of rotatable bonds is 5. The van der Waals surface area contributed by atoms with Crippen molar-refractivity contribution in [2.75, 3.05) is 11.9 Å². The number of hydrogen-bond donors (Lipinski definition) is 1. The first-order valence-corrected chi connectivity index (χ1v) is 11.4. The highest BCUT2D eigenvalue weighted by Crippen LogP contribution is 2.40. The highest BCUT2D eigenvalue weighted by atomic mass is 35.5. The monoisotopic (exact) mass is 474 g/mol. The summed E-state index contributed by atoms with van der Waals surface area (Å²) in [6.45, 7) is 0. The highest BCUT2D eigenvalue weighted by Gasteiger charge is 2.28. The fourth-order valence-corrected chi connectivity index (χ4v) is 5.71. The van der Waals surface area contributed by atoms with Gasteiger partial charge in [-0.3, -0.25) is 14.9 Å². The predicted molar refractivity (Wildman–Crippen MR) is 125 cm³/mol. The SMILES string of the molecule is CN(C1=CC(=O)NC1=O)c1nc(Cc2cccs2)nc2scc(-c3cccs3)c12.Cl. The molecule has 30 heavy (non-hydrogen) atoms. The lowest BCUT2D eigenvalue weighted by atomic mass is 10.1. The van der Waals surface area contributed by atoms with Gasteiger partial charge in [-0.15, -0.1) is 46.4 Å². The maximum absolute atomic E-state index is 12.2. The number of hydrogen-bond acceptors (Lipinski definition) is 8. The van der Waals surface area contributed by atoms with Gasteiger partial charge >= 0.3 is 0 Å². The van der Waals surface area contributed by atoms with Gasteiger partial charge in [0.15, 0.2) is 0 Å². The summed E-state index contributed by atoms with van der Waals surface area (Å²) >= 11 is 4.86. The van der Waals surface area contributed by atoms with Crippen LogP contribution < -0.4 is 10.2 Å². The van der Waals surface area contributed by atoms with Crippen LogP contribution in [0.2, 0.25) is 0 Å². The van der Waals surface area contributed by atoms with Gasteiger partial charge in [-0.1, -0.05) is 12.1 Å². The minimum Gasteiger partial charge on any atom is -0.324 e.